The molecule has 3 aromatic carbocycles. The zero-order valence-corrected chi connectivity index (χ0v) is 24.2. The molecule has 3 aromatic rings. The molecule has 0 aliphatic carbocycles. The molecule has 40 heavy (non-hydrogen) atoms. The Balaban J connectivity index is 1.40. The number of hydrogen-bond acceptors (Lipinski definition) is 6. The van der Waals surface area contributed by atoms with Gasteiger partial charge >= 0.3 is 0 Å². The molecule has 1 saturated heterocycles. The molecule has 0 radical (unpaired) electrons. The first-order chi connectivity index (χ1) is 19.2. The van der Waals surface area contributed by atoms with Gasteiger partial charge < -0.3 is 15.0 Å². The first-order valence-electron chi connectivity index (χ1n) is 12.8. The zero-order chi connectivity index (χ0) is 28.7. The van der Waals surface area contributed by atoms with Crippen LogP contribution in [0.15, 0.2) is 71.6 Å². The van der Waals surface area contributed by atoms with Gasteiger partial charge in [-0.15, -0.1) is 0 Å². The number of ether oxygens (including phenoxy) is 1. The van der Waals surface area contributed by atoms with E-state index >= 15 is 0 Å². The topological polar surface area (TPSA) is 117 Å². The highest BCUT2D eigenvalue weighted by Gasteiger charge is 2.24. The molecule has 1 fully saturated rings. The second-order valence-corrected chi connectivity index (χ2v) is 11.7. The predicted molar refractivity (Wildman–Crippen MR) is 156 cm³/mol. The summed E-state index contributed by atoms with van der Waals surface area (Å²) in [5.74, 6) is -0.111. The SMILES string of the molecule is CCN(C(=O)CNC(=O)c1ccc(S(=O)(=O)Nc2ccccc2Oc2ccc(Cl)cc2Cl)cc1)C1CCCCN1. The van der Waals surface area contributed by atoms with Gasteiger partial charge in [-0.2, -0.15) is 0 Å². The summed E-state index contributed by atoms with van der Waals surface area (Å²) in [7, 11) is -4.02. The Kier molecular flexibility index (Phi) is 9.91. The Morgan fingerprint density at radius 3 is 2.45 bits per heavy atom. The Morgan fingerprint density at radius 2 is 1.77 bits per heavy atom. The summed E-state index contributed by atoms with van der Waals surface area (Å²) in [6.07, 6.45) is 2.98. The van der Waals surface area contributed by atoms with E-state index in [1.54, 1.807) is 41.3 Å². The summed E-state index contributed by atoms with van der Waals surface area (Å²) in [6.45, 7) is 3.15. The number of sulfonamides is 1. The Hall–Kier alpha value is -3.31. The third kappa shape index (κ3) is 7.45. The fourth-order valence-corrected chi connectivity index (χ4v) is 5.85. The van der Waals surface area contributed by atoms with Gasteiger partial charge in [-0.05, 0) is 87.3 Å². The fourth-order valence-electron chi connectivity index (χ4n) is 4.34. The number of carbonyl (C=O) groups is 2. The third-order valence-electron chi connectivity index (χ3n) is 6.39. The third-order valence-corrected chi connectivity index (χ3v) is 8.31. The van der Waals surface area contributed by atoms with E-state index in [2.05, 4.69) is 15.4 Å². The number of hydrogen-bond donors (Lipinski definition) is 3. The van der Waals surface area contributed by atoms with E-state index in [0.29, 0.717) is 17.3 Å². The molecule has 1 aliphatic heterocycles. The van der Waals surface area contributed by atoms with E-state index in [-0.39, 0.29) is 45.5 Å². The lowest BCUT2D eigenvalue weighted by atomic mass is 10.1. The van der Waals surface area contributed by atoms with Crippen LogP contribution in [0.2, 0.25) is 10.0 Å². The first-order valence-corrected chi connectivity index (χ1v) is 15.1. The van der Waals surface area contributed by atoms with Crippen molar-refractivity contribution in [3.63, 3.8) is 0 Å². The second kappa shape index (κ2) is 13.4. The van der Waals surface area contributed by atoms with Crippen molar-refractivity contribution < 1.29 is 22.7 Å². The molecular weight excluding hydrogens is 575 g/mol. The highest BCUT2D eigenvalue weighted by Crippen LogP contribution is 2.35. The average Bonchev–Trinajstić information content (AvgIpc) is 2.95. The van der Waals surface area contributed by atoms with Crippen molar-refractivity contribution in [2.75, 3.05) is 24.4 Å². The molecule has 1 aliphatic rings. The molecule has 2 amide bonds. The van der Waals surface area contributed by atoms with Crippen molar-refractivity contribution in [3.05, 3.63) is 82.3 Å². The van der Waals surface area contributed by atoms with E-state index in [1.165, 1.54) is 30.3 Å². The molecular formula is C28H30Cl2N4O5S. The number of likely N-dealkylation sites (N-methyl/N-ethyl adjacent to an activating group) is 1. The summed E-state index contributed by atoms with van der Waals surface area (Å²) < 4.78 is 34.6. The molecule has 1 atom stereocenters. The zero-order valence-electron chi connectivity index (χ0n) is 21.8. The maximum absolute atomic E-state index is 13.1. The molecule has 12 heteroatoms. The molecule has 1 heterocycles. The van der Waals surface area contributed by atoms with Gasteiger partial charge in [0.25, 0.3) is 15.9 Å². The first kappa shape index (κ1) is 29.7. The Bertz CT molecular complexity index is 1460. The normalized spacial score (nSPS) is 15.2. The lowest BCUT2D eigenvalue weighted by Gasteiger charge is -2.34. The standard InChI is InChI=1S/C28H30Cl2N4O5S/c1-2-34(26-9-5-6-16-31-26)27(35)18-32-28(36)19-10-13-21(14-11-19)40(37,38)33-23-7-3-4-8-25(23)39-24-15-12-20(29)17-22(24)30/h3-4,7-8,10-15,17,26,31,33H,2,5-6,9,16,18H2,1H3,(H,32,36). The van der Waals surface area contributed by atoms with Crippen LogP contribution in [0.1, 0.15) is 36.5 Å². The average molecular weight is 606 g/mol. The molecule has 0 spiro atoms. The smallest absolute Gasteiger partial charge is 0.262 e. The van der Waals surface area contributed by atoms with Gasteiger partial charge in [0.15, 0.2) is 5.75 Å². The van der Waals surface area contributed by atoms with Gasteiger partial charge in [0.05, 0.1) is 28.3 Å². The largest absolute Gasteiger partial charge is 0.454 e. The van der Waals surface area contributed by atoms with E-state index in [1.807, 2.05) is 6.92 Å². The number of nitrogens with zero attached hydrogens (tertiary/aromatic N) is 1. The Labute approximate surface area is 243 Å². The molecule has 9 nitrogen and oxygen atoms in total. The quantitative estimate of drug-likeness (QED) is 0.290. The van der Waals surface area contributed by atoms with E-state index in [9.17, 15) is 18.0 Å². The van der Waals surface area contributed by atoms with Crippen LogP contribution in [0, 0.1) is 0 Å². The summed E-state index contributed by atoms with van der Waals surface area (Å²) in [4.78, 5) is 27.0. The fraction of sp³-hybridized carbons (Fsp3) is 0.286. The lowest BCUT2D eigenvalue weighted by molar-refractivity contribution is -0.133. The van der Waals surface area contributed by atoms with Crippen molar-refractivity contribution in [3.8, 4) is 11.5 Å². The summed E-state index contributed by atoms with van der Waals surface area (Å²) in [6, 6.07) is 16.7. The molecule has 212 valence electrons. The summed E-state index contributed by atoms with van der Waals surface area (Å²) >= 11 is 12.1. The number of para-hydroxylation sites is 2. The monoisotopic (exact) mass is 604 g/mol. The maximum atomic E-state index is 13.1. The maximum Gasteiger partial charge on any atom is 0.262 e. The van der Waals surface area contributed by atoms with E-state index in [0.717, 1.165) is 25.8 Å². The molecule has 0 bridgehead atoms. The highest BCUT2D eigenvalue weighted by molar-refractivity contribution is 7.92. The van der Waals surface area contributed by atoms with Crippen LogP contribution in [0.3, 0.4) is 0 Å². The number of nitrogens with one attached hydrogen (secondary N) is 3. The lowest BCUT2D eigenvalue weighted by Crippen LogP contribution is -2.53. The summed E-state index contributed by atoms with van der Waals surface area (Å²) in [5, 5.41) is 6.68. The van der Waals surface area contributed by atoms with Crippen LogP contribution in [-0.4, -0.2) is 50.9 Å². The minimum absolute atomic E-state index is 0.0288. The van der Waals surface area contributed by atoms with Gasteiger partial charge in [-0.25, -0.2) is 8.42 Å². The Morgan fingerprint density at radius 1 is 1.02 bits per heavy atom. The number of carbonyl (C=O) groups excluding carboxylic acids is 2. The van der Waals surface area contributed by atoms with Crippen molar-refractivity contribution in [1.82, 2.24) is 15.5 Å². The van der Waals surface area contributed by atoms with Gasteiger partial charge in [0.2, 0.25) is 5.91 Å². The van der Waals surface area contributed by atoms with Crippen molar-refractivity contribution in [2.24, 2.45) is 0 Å². The predicted octanol–water partition coefficient (Wildman–Crippen LogP) is 5.26. The highest BCUT2D eigenvalue weighted by atomic mass is 35.5. The van der Waals surface area contributed by atoms with Crippen LogP contribution in [0.25, 0.3) is 0 Å². The van der Waals surface area contributed by atoms with Crippen LogP contribution in [-0.2, 0) is 14.8 Å². The van der Waals surface area contributed by atoms with Crippen LogP contribution in [0.4, 0.5) is 5.69 Å². The summed E-state index contributed by atoms with van der Waals surface area (Å²) in [5.41, 5.74) is 0.425. The van der Waals surface area contributed by atoms with E-state index in [4.69, 9.17) is 27.9 Å². The number of amides is 2. The van der Waals surface area contributed by atoms with Crippen molar-refractivity contribution in [2.45, 2.75) is 37.2 Å². The van der Waals surface area contributed by atoms with Gasteiger partial charge in [0.1, 0.15) is 5.75 Å². The van der Waals surface area contributed by atoms with Gasteiger partial charge in [-0.3, -0.25) is 19.6 Å². The number of halogens is 2. The molecule has 4 rings (SSSR count). The molecule has 0 aromatic heterocycles. The molecule has 0 saturated carbocycles. The number of benzene rings is 3. The molecule has 1 unspecified atom stereocenters. The van der Waals surface area contributed by atoms with Crippen LogP contribution >= 0.6 is 23.2 Å². The number of anilines is 1. The number of rotatable bonds is 10. The van der Waals surface area contributed by atoms with Crippen LogP contribution in [0.5, 0.6) is 11.5 Å². The van der Waals surface area contributed by atoms with Crippen LogP contribution < -0.4 is 20.1 Å². The minimum Gasteiger partial charge on any atom is -0.454 e. The van der Waals surface area contributed by atoms with Gasteiger partial charge in [-0.1, -0.05) is 35.3 Å². The minimum atomic E-state index is -4.02. The molecule has 3 N–H and O–H groups in total. The van der Waals surface area contributed by atoms with E-state index < -0.39 is 15.9 Å². The van der Waals surface area contributed by atoms with Gasteiger partial charge in [0, 0.05) is 17.1 Å². The second-order valence-electron chi connectivity index (χ2n) is 9.13. The number of piperidine rings is 1. The van der Waals surface area contributed by atoms with Crippen molar-refractivity contribution >= 4 is 50.7 Å². The van der Waals surface area contributed by atoms with Crippen molar-refractivity contribution in [1.29, 1.82) is 0 Å².